The predicted molar refractivity (Wildman–Crippen MR) is 101 cm³/mol. The van der Waals surface area contributed by atoms with Gasteiger partial charge in [-0.15, -0.1) is 5.10 Å². The highest BCUT2D eigenvalue weighted by Crippen LogP contribution is 2.38. The monoisotopic (exact) mass is 364 g/mol. The molecule has 1 saturated heterocycles. The molecule has 27 heavy (non-hydrogen) atoms. The number of hydrogen-bond acceptors (Lipinski definition) is 4. The van der Waals surface area contributed by atoms with Gasteiger partial charge in [-0.1, -0.05) is 11.3 Å². The van der Waals surface area contributed by atoms with Crippen LogP contribution in [0.25, 0.3) is 5.65 Å². The molecule has 3 aromatic heterocycles. The van der Waals surface area contributed by atoms with Gasteiger partial charge in [0.15, 0.2) is 0 Å². The molecule has 0 bridgehead atoms. The minimum atomic E-state index is 0.0770. The number of nitrogens with zero attached hydrogens (tertiary/aromatic N) is 6. The number of hydrogen-bond donors (Lipinski definition) is 0. The van der Waals surface area contributed by atoms with Crippen LogP contribution in [0.3, 0.4) is 0 Å². The number of imidazole rings is 1. The summed E-state index contributed by atoms with van der Waals surface area (Å²) in [5.74, 6) is 1.12. The van der Waals surface area contributed by atoms with Gasteiger partial charge in [0.25, 0.3) is 5.91 Å². The SMILES string of the molecule is Cc1nc2ccccn2c1C(=O)N1CCCC(Cn2cc(C3CC3)nn2)C1. The Kier molecular flexibility index (Phi) is 3.95. The quantitative estimate of drug-likeness (QED) is 0.714. The lowest BCUT2D eigenvalue weighted by Gasteiger charge is -2.32. The Bertz CT molecular complexity index is 985. The van der Waals surface area contributed by atoms with Crippen molar-refractivity contribution in [3.8, 4) is 0 Å². The lowest BCUT2D eigenvalue weighted by molar-refractivity contribution is 0.0651. The van der Waals surface area contributed by atoms with E-state index in [0.29, 0.717) is 17.5 Å². The van der Waals surface area contributed by atoms with Crippen molar-refractivity contribution >= 4 is 11.6 Å². The molecule has 2 aliphatic rings. The Morgan fingerprint density at radius 1 is 1.26 bits per heavy atom. The maximum atomic E-state index is 13.2. The third kappa shape index (κ3) is 3.11. The van der Waals surface area contributed by atoms with E-state index in [2.05, 4.69) is 21.5 Å². The van der Waals surface area contributed by atoms with Crippen molar-refractivity contribution < 1.29 is 4.79 Å². The molecule has 0 N–H and O–H groups in total. The van der Waals surface area contributed by atoms with E-state index in [0.717, 1.165) is 49.5 Å². The van der Waals surface area contributed by atoms with Crippen LogP contribution in [-0.2, 0) is 6.54 Å². The first-order valence-corrected chi connectivity index (χ1v) is 9.82. The standard InChI is InChI=1S/C20H24N6O/c1-14-19(26-10-3-2-6-18(26)21-14)20(27)24-9-4-5-15(11-24)12-25-13-17(22-23-25)16-7-8-16/h2-3,6,10,13,15-16H,4-5,7-9,11-12H2,1H3. The molecule has 7 nitrogen and oxygen atoms in total. The van der Waals surface area contributed by atoms with Crippen molar-refractivity contribution in [1.29, 1.82) is 0 Å². The molecule has 1 aliphatic heterocycles. The Balaban J connectivity index is 1.32. The molecule has 2 fully saturated rings. The minimum Gasteiger partial charge on any atom is -0.337 e. The number of pyridine rings is 1. The molecule has 1 saturated carbocycles. The van der Waals surface area contributed by atoms with E-state index in [1.165, 1.54) is 12.8 Å². The van der Waals surface area contributed by atoms with E-state index in [1.54, 1.807) is 0 Å². The van der Waals surface area contributed by atoms with Gasteiger partial charge < -0.3 is 4.90 Å². The fourth-order valence-electron chi connectivity index (χ4n) is 4.15. The van der Waals surface area contributed by atoms with Crippen LogP contribution in [0.4, 0.5) is 0 Å². The summed E-state index contributed by atoms with van der Waals surface area (Å²) in [5, 5.41) is 8.60. The van der Waals surface area contributed by atoms with E-state index >= 15 is 0 Å². The molecule has 1 unspecified atom stereocenters. The number of amides is 1. The molecule has 1 aliphatic carbocycles. The van der Waals surface area contributed by atoms with Crippen LogP contribution in [0, 0.1) is 12.8 Å². The average molecular weight is 364 g/mol. The Morgan fingerprint density at radius 2 is 2.15 bits per heavy atom. The average Bonchev–Trinajstić information content (AvgIpc) is 3.33. The zero-order chi connectivity index (χ0) is 18.4. The van der Waals surface area contributed by atoms with Crippen LogP contribution in [-0.4, -0.2) is 48.3 Å². The van der Waals surface area contributed by atoms with E-state index in [1.807, 2.05) is 45.3 Å². The van der Waals surface area contributed by atoms with Crippen molar-refractivity contribution in [3.63, 3.8) is 0 Å². The van der Waals surface area contributed by atoms with Crippen molar-refractivity contribution in [2.24, 2.45) is 5.92 Å². The summed E-state index contributed by atoms with van der Waals surface area (Å²) in [7, 11) is 0. The van der Waals surface area contributed by atoms with Crippen molar-refractivity contribution in [2.45, 2.75) is 45.1 Å². The first-order chi connectivity index (χ1) is 13.2. The molecule has 4 heterocycles. The fourth-order valence-corrected chi connectivity index (χ4v) is 4.15. The summed E-state index contributed by atoms with van der Waals surface area (Å²) in [6, 6.07) is 5.82. The normalized spacial score (nSPS) is 20.3. The Morgan fingerprint density at radius 3 is 3.00 bits per heavy atom. The third-order valence-electron chi connectivity index (χ3n) is 5.71. The van der Waals surface area contributed by atoms with E-state index in [9.17, 15) is 4.79 Å². The molecule has 0 spiro atoms. The summed E-state index contributed by atoms with van der Waals surface area (Å²) in [6.07, 6.45) is 8.63. The highest BCUT2D eigenvalue weighted by Gasteiger charge is 2.29. The number of carbonyl (C=O) groups is 1. The van der Waals surface area contributed by atoms with Crippen LogP contribution < -0.4 is 0 Å². The second-order valence-corrected chi connectivity index (χ2v) is 7.87. The summed E-state index contributed by atoms with van der Waals surface area (Å²) in [5.41, 5.74) is 3.42. The van der Waals surface area contributed by atoms with E-state index in [4.69, 9.17) is 0 Å². The molecule has 0 radical (unpaired) electrons. The number of aromatic nitrogens is 5. The summed E-state index contributed by atoms with van der Waals surface area (Å²) < 4.78 is 3.87. The highest BCUT2D eigenvalue weighted by atomic mass is 16.2. The molecule has 3 aromatic rings. The van der Waals surface area contributed by atoms with Crippen LogP contribution in [0.15, 0.2) is 30.6 Å². The Hall–Kier alpha value is -2.70. The minimum absolute atomic E-state index is 0.0770. The second-order valence-electron chi connectivity index (χ2n) is 7.87. The molecule has 5 rings (SSSR count). The third-order valence-corrected chi connectivity index (χ3v) is 5.71. The number of fused-ring (bicyclic) bond motifs is 1. The number of carbonyl (C=O) groups excluding carboxylic acids is 1. The van der Waals surface area contributed by atoms with Gasteiger partial charge in [0.1, 0.15) is 11.3 Å². The number of piperidine rings is 1. The van der Waals surface area contributed by atoms with Crippen LogP contribution in [0.1, 0.15) is 53.5 Å². The van der Waals surface area contributed by atoms with Crippen molar-refractivity contribution in [2.75, 3.05) is 13.1 Å². The molecule has 140 valence electrons. The Labute approximate surface area is 158 Å². The smallest absolute Gasteiger partial charge is 0.272 e. The zero-order valence-electron chi connectivity index (χ0n) is 15.6. The maximum absolute atomic E-state index is 13.2. The molecule has 1 amide bonds. The maximum Gasteiger partial charge on any atom is 0.272 e. The molecule has 7 heteroatoms. The van der Waals surface area contributed by atoms with Gasteiger partial charge in [0, 0.05) is 37.9 Å². The summed E-state index contributed by atoms with van der Waals surface area (Å²) in [6.45, 7) is 4.31. The van der Waals surface area contributed by atoms with Gasteiger partial charge in [-0.05, 0) is 50.7 Å². The largest absolute Gasteiger partial charge is 0.337 e. The second kappa shape index (κ2) is 6.48. The first-order valence-electron chi connectivity index (χ1n) is 9.82. The molecule has 1 atom stereocenters. The summed E-state index contributed by atoms with van der Waals surface area (Å²) in [4.78, 5) is 19.7. The van der Waals surface area contributed by atoms with E-state index in [-0.39, 0.29) is 5.91 Å². The van der Waals surface area contributed by atoms with Gasteiger partial charge in [-0.3, -0.25) is 13.9 Å². The lowest BCUT2D eigenvalue weighted by atomic mass is 9.97. The van der Waals surface area contributed by atoms with Crippen LogP contribution in [0.2, 0.25) is 0 Å². The highest BCUT2D eigenvalue weighted by molar-refractivity contribution is 5.94. The number of aryl methyl sites for hydroxylation is 1. The van der Waals surface area contributed by atoms with E-state index < -0.39 is 0 Å². The zero-order valence-corrected chi connectivity index (χ0v) is 15.6. The van der Waals surface area contributed by atoms with Crippen molar-refractivity contribution in [3.05, 3.63) is 47.7 Å². The van der Waals surface area contributed by atoms with Gasteiger partial charge in [0.2, 0.25) is 0 Å². The fraction of sp³-hybridized carbons (Fsp3) is 0.500. The van der Waals surface area contributed by atoms with Gasteiger partial charge in [-0.2, -0.15) is 0 Å². The van der Waals surface area contributed by atoms with Crippen LogP contribution in [0.5, 0.6) is 0 Å². The first kappa shape index (κ1) is 16.5. The van der Waals surface area contributed by atoms with Gasteiger partial charge >= 0.3 is 0 Å². The number of likely N-dealkylation sites (tertiary alicyclic amines) is 1. The topological polar surface area (TPSA) is 68.3 Å². The molecular formula is C20H24N6O. The van der Waals surface area contributed by atoms with Crippen molar-refractivity contribution in [1.82, 2.24) is 29.3 Å². The molecule has 0 aromatic carbocycles. The van der Waals surface area contributed by atoms with Crippen LogP contribution >= 0.6 is 0 Å². The lowest BCUT2D eigenvalue weighted by Crippen LogP contribution is -2.41. The summed E-state index contributed by atoms with van der Waals surface area (Å²) >= 11 is 0. The van der Waals surface area contributed by atoms with Gasteiger partial charge in [0.05, 0.1) is 11.4 Å². The van der Waals surface area contributed by atoms with Gasteiger partial charge in [-0.25, -0.2) is 4.98 Å². The number of rotatable bonds is 4. The predicted octanol–water partition coefficient (Wildman–Crippen LogP) is 2.66. The molecular weight excluding hydrogens is 340 g/mol.